The highest BCUT2D eigenvalue weighted by Gasteiger charge is 2.37. The minimum atomic E-state index is -0.812. The van der Waals surface area contributed by atoms with Crippen molar-refractivity contribution in [3.05, 3.63) is 29.8 Å². The normalized spacial score (nSPS) is 24.7. The Balaban J connectivity index is 1.67. The number of aliphatic carboxylic acids is 1. The van der Waals surface area contributed by atoms with E-state index in [1.165, 1.54) is 24.9 Å². The highest BCUT2D eigenvalue weighted by atomic mass is 16.4. The highest BCUT2D eigenvalue weighted by Crippen LogP contribution is 2.26. The first-order valence-corrected chi connectivity index (χ1v) is 8.43. The van der Waals surface area contributed by atoms with E-state index in [0.717, 1.165) is 13.1 Å². The van der Waals surface area contributed by atoms with Crippen molar-refractivity contribution in [2.45, 2.75) is 26.2 Å². The van der Waals surface area contributed by atoms with Gasteiger partial charge in [0.2, 0.25) is 0 Å². The molecule has 0 bridgehead atoms. The molecule has 5 nitrogen and oxygen atoms in total. The van der Waals surface area contributed by atoms with E-state index in [9.17, 15) is 14.7 Å². The quantitative estimate of drug-likeness (QED) is 0.930. The first-order chi connectivity index (χ1) is 11.1. The van der Waals surface area contributed by atoms with E-state index in [2.05, 4.69) is 4.90 Å². The summed E-state index contributed by atoms with van der Waals surface area (Å²) < 4.78 is 0. The van der Waals surface area contributed by atoms with Crippen LogP contribution in [0.15, 0.2) is 24.3 Å². The lowest BCUT2D eigenvalue weighted by Crippen LogP contribution is -2.30. The molecule has 2 aliphatic rings. The zero-order chi connectivity index (χ0) is 16.4. The molecule has 1 amide bonds. The monoisotopic (exact) mass is 316 g/mol. The number of likely N-dealkylation sites (tertiary alicyclic amines) is 1. The number of carboxylic acids is 1. The number of hydrogen-bond donors (Lipinski definition) is 1. The molecule has 0 unspecified atom stereocenters. The van der Waals surface area contributed by atoms with Gasteiger partial charge < -0.3 is 14.9 Å². The summed E-state index contributed by atoms with van der Waals surface area (Å²) in [5, 5.41) is 9.19. The Morgan fingerprint density at radius 2 is 1.70 bits per heavy atom. The second-order valence-corrected chi connectivity index (χ2v) is 6.73. The first kappa shape index (κ1) is 15.8. The third-order valence-electron chi connectivity index (χ3n) is 5.05. The van der Waals surface area contributed by atoms with Crippen LogP contribution in [0.2, 0.25) is 0 Å². The van der Waals surface area contributed by atoms with Crippen molar-refractivity contribution in [1.82, 2.24) is 4.90 Å². The van der Waals surface area contributed by atoms with E-state index in [-0.39, 0.29) is 11.8 Å². The van der Waals surface area contributed by atoms with E-state index in [4.69, 9.17) is 0 Å². The fraction of sp³-hybridized carbons (Fsp3) is 0.556. The number of carbonyl (C=O) groups is 2. The van der Waals surface area contributed by atoms with Crippen molar-refractivity contribution in [3.63, 3.8) is 0 Å². The van der Waals surface area contributed by atoms with Crippen LogP contribution in [0.3, 0.4) is 0 Å². The van der Waals surface area contributed by atoms with Crippen molar-refractivity contribution in [1.29, 1.82) is 0 Å². The van der Waals surface area contributed by atoms with E-state index >= 15 is 0 Å². The molecular formula is C18H24N2O3. The molecule has 2 saturated heterocycles. The molecule has 1 aromatic rings. The summed E-state index contributed by atoms with van der Waals surface area (Å²) in [6, 6.07) is 7.75. The molecule has 2 aliphatic heterocycles. The van der Waals surface area contributed by atoms with Gasteiger partial charge in [0.15, 0.2) is 0 Å². The number of rotatable bonds is 3. The summed E-state index contributed by atoms with van der Waals surface area (Å²) >= 11 is 0. The number of benzene rings is 1. The lowest BCUT2D eigenvalue weighted by atomic mass is 9.99. The number of piperidine rings is 1. The summed E-state index contributed by atoms with van der Waals surface area (Å²) in [6.07, 6.45) is 3.75. The largest absolute Gasteiger partial charge is 0.481 e. The average molecular weight is 316 g/mol. The molecule has 1 N–H and O–H groups in total. The van der Waals surface area contributed by atoms with Crippen molar-refractivity contribution in [3.8, 4) is 0 Å². The zero-order valence-electron chi connectivity index (χ0n) is 13.6. The number of nitrogens with zero attached hydrogens (tertiary/aromatic N) is 2. The number of anilines is 1. The van der Waals surface area contributed by atoms with Crippen LogP contribution in [-0.2, 0) is 4.79 Å². The van der Waals surface area contributed by atoms with E-state index in [1.807, 2.05) is 31.2 Å². The fourth-order valence-electron chi connectivity index (χ4n) is 3.60. The van der Waals surface area contributed by atoms with Crippen LogP contribution >= 0.6 is 0 Å². The summed E-state index contributed by atoms with van der Waals surface area (Å²) in [5.41, 5.74) is 1.81. The molecule has 5 heteroatoms. The van der Waals surface area contributed by atoms with E-state index in [1.54, 1.807) is 4.90 Å². The molecule has 124 valence electrons. The smallest absolute Gasteiger partial charge is 0.308 e. The Kier molecular flexibility index (Phi) is 4.55. The van der Waals surface area contributed by atoms with Crippen molar-refractivity contribution in [2.24, 2.45) is 11.8 Å². The van der Waals surface area contributed by atoms with Crippen LogP contribution in [0, 0.1) is 11.8 Å². The average Bonchev–Trinajstić information content (AvgIpc) is 2.97. The van der Waals surface area contributed by atoms with Crippen molar-refractivity contribution >= 4 is 17.6 Å². The molecule has 2 atom stereocenters. The Morgan fingerprint density at radius 3 is 2.26 bits per heavy atom. The molecule has 0 aliphatic carbocycles. The number of carboxylic acid groups (broad SMARTS) is 1. The lowest BCUT2D eigenvalue weighted by Gasteiger charge is -2.29. The van der Waals surface area contributed by atoms with Crippen LogP contribution in [0.25, 0.3) is 0 Å². The molecule has 0 aromatic heterocycles. The highest BCUT2D eigenvalue weighted by molar-refractivity contribution is 5.95. The fourth-order valence-corrected chi connectivity index (χ4v) is 3.60. The predicted octanol–water partition coefficient (Wildman–Crippen LogP) is 2.47. The molecular weight excluding hydrogens is 292 g/mol. The third kappa shape index (κ3) is 3.33. The number of carbonyl (C=O) groups excluding carboxylic acids is 1. The van der Waals surface area contributed by atoms with Gasteiger partial charge in [-0.15, -0.1) is 0 Å². The summed E-state index contributed by atoms with van der Waals surface area (Å²) in [7, 11) is 0. The van der Waals surface area contributed by atoms with Crippen LogP contribution in [0.4, 0.5) is 5.69 Å². The maximum Gasteiger partial charge on any atom is 0.308 e. The molecule has 0 saturated carbocycles. The van der Waals surface area contributed by atoms with Crippen molar-refractivity contribution < 1.29 is 14.7 Å². The topological polar surface area (TPSA) is 60.9 Å². The molecule has 3 rings (SSSR count). The predicted molar refractivity (Wildman–Crippen MR) is 88.7 cm³/mol. The minimum Gasteiger partial charge on any atom is -0.481 e. The van der Waals surface area contributed by atoms with Crippen LogP contribution < -0.4 is 4.90 Å². The van der Waals surface area contributed by atoms with Gasteiger partial charge in [-0.25, -0.2) is 0 Å². The molecule has 23 heavy (non-hydrogen) atoms. The van der Waals surface area contributed by atoms with Gasteiger partial charge in [0.05, 0.1) is 5.92 Å². The van der Waals surface area contributed by atoms with Gasteiger partial charge in [0.25, 0.3) is 5.91 Å². The van der Waals surface area contributed by atoms with Gasteiger partial charge >= 0.3 is 5.97 Å². The SMILES string of the molecule is C[C@@H]1CN(C(=O)c2ccc(N3CCCCC3)cc2)C[C@H]1C(=O)O. The van der Waals surface area contributed by atoms with Crippen LogP contribution in [-0.4, -0.2) is 48.1 Å². The molecule has 2 heterocycles. The summed E-state index contributed by atoms with van der Waals surface area (Å²) in [5.74, 6) is -1.32. The molecule has 0 radical (unpaired) electrons. The first-order valence-electron chi connectivity index (χ1n) is 8.43. The van der Waals surface area contributed by atoms with Gasteiger partial charge in [0, 0.05) is 37.4 Å². The Labute approximate surface area is 136 Å². The molecule has 2 fully saturated rings. The lowest BCUT2D eigenvalue weighted by molar-refractivity contribution is -0.142. The maximum absolute atomic E-state index is 12.6. The Hall–Kier alpha value is -2.04. The number of amides is 1. The molecule has 0 spiro atoms. The van der Waals surface area contributed by atoms with Crippen LogP contribution in [0.5, 0.6) is 0 Å². The molecule has 1 aromatic carbocycles. The zero-order valence-corrected chi connectivity index (χ0v) is 13.6. The standard InChI is InChI=1S/C18H24N2O3/c1-13-11-20(12-16(13)18(22)23)17(21)14-5-7-15(8-6-14)19-9-3-2-4-10-19/h5-8,13,16H,2-4,9-12H2,1H3,(H,22,23)/t13-,16-/m1/s1. The second kappa shape index (κ2) is 6.60. The van der Waals surface area contributed by atoms with Gasteiger partial charge in [-0.05, 0) is 49.4 Å². The van der Waals surface area contributed by atoms with Gasteiger partial charge in [-0.2, -0.15) is 0 Å². The van der Waals surface area contributed by atoms with E-state index in [0.29, 0.717) is 18.7 Å². The third-order valence-corrected chi connectivity index (χ3v) is 5.05. The van der Waals surface area contributed by atoms with Gasteiger partial charge in [-0.3, -0.25) is 9.59 Å². The second-order valence-electron chi connectivity index (χ2n) is 6.73. The summed E-state index contributed by atoms with van der Waals surface area (Å²) in [4.78, 5) is 27.8. The van der Waals surface area contributed by atoms with Gasteiger partial charge in [0.1, 0.15) is 0 Å². The van der Waals surface area contributed by atoms with Gasteiger partial charge in [-0.1, -0.05) is 6.92 Å². The Morgan fingerprint density at radius 1 is 1.04 bits per heavy atom. The Bertz CT molecular complexity index is 578. The summed E-state index contributed by atoms with van der Waals surface area (Å²) in [6.45, 7) is 4.88. The van der Waals surface area contributed by atoms with Crippen molar-refractivity contribution in [2.75, 3.05) is 31.1 Å². The minimum absolute atomic E-state index is 0.00377. The van der Waals surface area contributed by atoms with Crippen LogP contribution in [0.1, 0.15) is 36.5 Å². The number of hydrogen-bond acceptors (Lipinski definition) is 3. The maximum atomic E-state index is 12.6. The van der Waals surface area contributed by atoms with E-state index < -0.39 is 11.9 Å².